The monoisotopic (exact) mass is 412 g/mol. The molecule has 1 aromatic carbocycles. The second-order valence-corrected chi connectivity index (χ2v) is 7.76. The van der Waals surface area contributed by atoms with E-state index in [-0.39, 0.29) is 17.8 Å². The highest BCUT2D eigenvalue weighted by atomic mass is 35.5. The Morgan fingerprint density at radius 1 is 1.31 bits per heavy atom. The number of aromatic nitrogens is 3. The van der Waals surface area contributed by atoms with Crippen LogP contribution < -0.4 is 10.4 Å². The lowest BCUT2D eigenvalue weighted by atomic mass is 9.93. The minimum absolute atomic E-state index is 0.0189. The zero-order valence-corrected chi connectivity index (χ0v) is 16.8. The molecule has 1 fully saturated rings. The Kier molecular flexibility index (Phi) is 5.31. The van der Waals surface area contributed by atoms with Gasteiger partial charge in [-0.15, -0.1) is 0 Å². The number of nitriles is 1. The van der Waals surface area contributed by atoms with Gasteiger partial charge in [0.15, 0.2) is 5.65 Å². The molecule has 0 aliphatic heterocycles. The minimum atomic E-state index is -0.310. The maximum Gasteiger partial charge on any atom is 0.330 e. The van der Waals surface area contributed by atoms with E-state index in [0.717, 1.165) is 18.4 Å². The van der Waals surface area contributed by atoms with Crippen LogP contribution in [-0.2, 0) is 6.54 Å². The topological polar surface area (TPSA) is 93.1 Å². The smallest absolute Gasteiger partial charge is 0.330 e. The molecular formula is C21H21ClN4O3. The Morgan fingerprint density at radius 3 is 2.72 bits per heavy atom. The molecule has 8 heteroatoms. The van der Waals surface area contributed by atoms with Crippen molar-refractivity contribution < 1.29 is 9.84 Å². The van der Waals surface area contributed by atoms with Crippen molar-refractivity contribution in [2.45, 2.75) is 44.4 Å². The van der Waals surface area contributed by atoms with E-state index in [4.69, 9.17) is 16.3 Å². The number of nitrogens with zero attached hydrogens (tertiary/aromatic N) is 4. The molecule has 1 saturated carbocycles. The van der Waals surface area contributed by atoms with E-state index in [2.05, 4.69) is 11.1 Å². The fourth-order valence-electron chi connectivity index (χ4n) is 4.00. The Morgan fingerprint density at radius 2 is 2.07 bits per heavy atom. The molecule has 3 aromatic rings. The van der Waals surface area contributed by atoms with E-state index in [9.17, 15) is 15.2 Å². The summed E-state index contributed by atoms with van der Waals surface area (Å²) in [5, 5.41) is 19.6. The van der Waals surface area contributed by atoms with Crippen molar-refractivity contribution in [2.75, 3.05) is 7.11 Å². The number of halogens is 1. The van der Waals surface area contributed by atoms with Crippen LogP contribution in [0.3, 0.4) is 0 Å². The molecule has 0 bridgehead atoms. The third-order valence-electron chi connectivity index (χ3n) is 5.52. The summed E-state index contributed by atoms with van der Waals surface area (Å²) < 4.78 is 8.54. The van der Waals surface area contributed by atoms with Crippen LogP contribution in [0.25, 0.3) is 11.2 Å². The highest BCUT2D eigenvalue weighted by Gasteiger charge is 2.26. The number of aliphatic hydroxyl groups excluding tert-OH is 1. The van der Waals surface area contributed by atoms with E-state index in [1.54, 1.807) is 34.4 Å². The molecule has 1 aliphatic rings. The molecule has 150 valence electrons. The van der Waals surface area contributed by atoms with Gasteiger partial charge in [-0.05, 0) is 49.4 Å². The van der Waals surface area contributed by atoms with Crippen molar-refractivity contribution in [2.24, 2.45) is 0 Å². The van der Waals surface area contributed by atoms with Gasteiger partial charge in [0.2, 0.25) is 0 Å². The van der Waals surface area contributed by atoms with E-state index in [0.29, 0.717) is 46.9 Å². The van der Waals surface area contributed by atoms with Gasteiger partial charge < -0.3 is 9.84 Å². The highest BCUT2D eigenvalue weighted by molar-refractivity contribution is 6.32. The van der Waals surface area contributed by atoms with Crippen LogP contribution in [-0.4, -0.2) is 32.4 Å². The van der Waals surface area contributed by atoms with Gasteiger partial charge in [-0.1, -0.05) is 17.7 Å². The SMILES string of the molecule is COc1ccc(Cn2c(=O)n([C@H]3CC[C@H](O)CC3)c3ncc(C#N)cc32)cc1Cl. The van der Waals surface area contributed by atoms with E-state index < -0.39 is 0 Å². The Bertz CT molecular complexity index is 1150. The summed E-state index contributed by atoms with van der Waals surface area (Å²) in [4.78, 5) is 17.8. The van der Waals surface area contributed by atoms with Crippen LogP contribution in [0.4, 0.5) is 0 Å². The summed E-state index contributed by atoms with van der Waals surface area (Å²) in [6, 6.07) is 9.17. The van der Waals surface area contributed by atoms with Crippen LogP contribution >= 0.6 is 11.6 Å². The molecule has 0 saturated heterocycles. The Hall–Kier alpha value is -2.82. The molecule has 1 N–H and O–H groups in total. The van der Waals surface area contributed by atoms with Crippen LogP contribution in [0, 0.1) is 11.3 Å². The summed E-state index contributed by atoms with van der Waals surface area (Å²) >= 11 is 6.25. The average Bonchev–Trinajstić information content (AvgIpc) is 3.00. The standard InChI is InChI=1S/C21H21ClN4O3/c1-29-19-7-2-13(8-17(19)22)12-25-18-9-14(10-23)11-24-20(18)26(21(25)28)15-3-5-16(27)6-4-15/h2,7-9,11,15-16,27H,3-6,12H2,1H3/t15-,16-. The van der Waals surface area contributed by atoms with Gasteiger partial charge in [-0.2, -0.15) is 5.26 Å². The molecule has 0 radical (unpaired) electrons. The number of hydrogen-bond acceptors (Lipinski definition) is 5. The predicted molar refractivity (Wildman–Crippen MR) is 109 cm³/mol. The average molecular weight is 413 g/mol. The van der Waals surface area contributed by atoms with Crippen LogP contribution in [0.15, 0.2) is 35.3 Å². The second-order valence-electron chi connectivity index (χ2n) is 7.35. The van der Waals surface area contributed by atoms with Crippen molar-refractivity contribution in [3.63, 3.8) is 0 Å². The van der Waals surface area contributed by atoms with E-state index in [1.165, 1.54) is 6.20 Å². The number of ether oxygens (including phenoxy) is 1. The number of benzene rings is 1. The van der Waals surface area contributed by atoms with Crippen LogP contribution in [0.5, 0.6) is 5.75 Å². The van der Waals surface area contributed by atoms with Crippen molar-refractivity contribution >= 4 is 22.8 Å². The Balaban J connectivity index is 1.82. The van der Waals surface area contributed by atoms with Gasteiger partial charge >= 0.3 is 5.69 Å². The lowest BCUT2D eigenvalue weighted by Crippen LogP contribution is -2.31. The Labute approximate surface area is 172 Å². The van der Waals surface area contributed by atoms with Crippen LogP contribution in [0.2, 0.25) is 5.02 Å². The first-order chi connectivity index (χ1) is 14.0. The van der Waals surface area contributed by atoms with Gasteiger partial charge in [0.05, 0.1) is 35.9 Å². The normalized spacial score (nSPS) is 19.2. The number of imidazole rings is 1. The first-order valence-corrected chi connectivity index (χ1v) is 9.91. The van der Waals surface area contributed by atoms with Gasteiger partial charge in [0.1, 0.15) is 11.8 Å². The summed E-state index contributed by atoms with van der Waals surface area (Å²) in [6.07, 6.45) is 3.94. The number of fused-ring (bicyclic) bond motifs is 1. The molecule has 4 rings (SSSR count). The van der Waals surface area contributed by atoms with Gasteiger partial charge in [-0.3, -0.25) is 9.13 Å². The lowest BCUT2D eigenvalue weighted by molar-refractivity contribution is 0.110. The molecule has 0 spiro atoms. The number of aliphatic hydroxyl groups is 1. The summed E-state index contributed by atoms with van der Waals surface area (Å²) in [5.41, 5.74) is 2.26. The molecule has 2 heterocycles. The van der Waals surface area contributed by atoms with Gasteiger partial charge in [-0.25, -0.2) is 9.78 Å². The summed E-state index contributed by atoms with van der Waals surface area (Å²) in [6.45, 7) is 0.304. The zero-order chi connectivity index (χ0) is 20.5. The van der Waals surface area contributed by atoms with E-state index >= 15 is 0 Å². The third kappa shape index (κ3) is 3.61. The van der Waals surface area contributed by atoms with Crippen molar-refractivity contribution in [3.8, 4) is 11.8 Å². The zero-order valence-electron chi connectivity index (χ0n) is 16.0. The summed E-state index contributed by atoms with van der Waals surface area (Å²) in [5.74, 6) is 0.569. The predicted octanol–water partition coefficient (Wildman–Crippen LogP) is 3.26. The number of methoxy groups -OCH3 is 1. The quantitative estimate of drug-likeness (QED) is 0.709. The number of rotatable bonds is 4. The molecule has 0 unspecified atom stereocenters. The fourth-order valence-corrected chi connectivity index (χ4v) is 4.28. The van der Waals surface area contributed by atoms with Crippen molar-refractivity contribution in [3.05, 3.63) is 57.1 Å². The maximum absolute atomic E-state index is 13.4. The summed E-state index contributed by atoms with van der Waals surface area (Å²) in [7, 11) is 1.55. The number of pyridine rings is 1. The lowest BCUT2D eigenvalue weighted by Gasteiger charge is -2.26. The second kappa shape index (κ2) is 7.90. The molecule has 1 aliphatic carbocycles. The molecule has 0 atom stereocenters. The molecule has 7 nitrogen and oxygen atoms in total. The molecular weight excluding hydrogens is 392 g/mol. The van der Waals surface area contributed by atoms with E-state index in [1.807, 2.05) is 6.07 Å². The van der Waals surface area contributed by atoms with Crippen molar-refractivity contribution in [1.82, 2.24) is 14.1 Å². The van der Waals surface area contributed by atoms with Crippen LogP contribution in [0.1, 0.15) is 42.9 Å². The largest absolute Gasteiger partial charge is 0.495 e. The third-order valence-corrected chi connectivity index (χ3v) is 5.82. The molecule has 29 heavy (non-hydrogen) atoms. The number of hydrogen-bond donors (Lipinski definition) is 1. The van der Waals surface area contributed by atoms with Gasteiger partial charge in [0.25, 0.3) is 0 Å². The first kappa shape index (κ1) is 19.5. The molecule has 2 aromatic heterocycles. The van der Waals surface area contributed by atoms with Crippen molar-refractivity contribution in [1.29, 1.82) is 5.26 Å². The maximum atomic E-state index is 13.4. The highest BCUT2D eigenvalue weighted by Crippen LogP contribution is 2.30. The minimum Gasteiger partial charge on any atom is -0.495 e. The van der Waals surface area contributed by atoms with Gasteiger partial charge in [0, 0.05) is 12.2 Å². The first-order valence-electron chi connectivity index (χ1n) is 9.53. The fraction of sp³-hybridized carbons (Fsp3) is 0.381. The molecule has 0 amide bonds.